The third kappa shape index (κ3) is 1.95. The Balaban J connectivity index is 2.31. The van der Waals surface area contributed by atoms with Crippen LogP contribution in [0, 0.1) is 6.92 Å². The van der Waals surface area contributed by atoms with Gasteiger partial charge in [-0.2, -0.15) is 0 Å². The minimum absolute atomic E-state index is 0.567. The van der Waals surface area contributed by atoms with Crippen molar-refractivity contribution in [1.29, 1.82) is 0 Å². The Morgan fingerprint density at radius 3 is 2.61 bits per heavy atom. The molecule has 1 heteroatoms. The average Bonchev–Trinajstić information content (AvgIpc) is 2.43. The Morgan fingerprint density at radius 2 is 1.78 bits per heavy atom. The van der Waals surface area contributed by atoms with Gasteiger partial charge in [-0.25, -0.2) is 0 Å². The van der Waals surface area contributed by atoms with E-state index in [1.807, 2.05) is 19.1 Å². The standard InChI is InChI=1S/C17H13Br/c1-12-9-10-14(11-17(12)18)16-8-4-6-13-5-2-3-7-15(13)16/h2-11H,1H3/i9D. The summed E-state index contributed by atoms with van der Waals surface area (Å²) in [6.07, 6.45) is 0. The lowest BCUT2D eigenvalue weighted by Crippen LogP contribution is -1.83. The maximum absolute atomic E-state index is 8.03. The second kappa shape index (κ2) is 4.58. The van der Waals surface area contributed by atoms with Crippen LogP contribution in [0.15, 0.2) is 65.1 Å². The second-order valence-electron chi connectivity index (χ2n) is 4.39. The molecule has 0 aliphatic rings. The van der Waals surface area contributed by atoms with Gasteiger partial charge in [-0.15, -0.1) is 0 Å². The summed E-state index contributed by atoms with van der Waals surface area (Å²) in [6, 6.07) is 19.2. The molecule has 0 bridgehead atoms. The molecule has 0 N–H and O–H groups in total. The quantitative estimate of drug-likeness (QED) is 0.550. The van der Waals surface area contributed by atoms with Gasteiger partial charge in [0.1, 0.15) is 0 Å². The van der Waals surface area contributed by atoms with E-state index in [1.54, 1.807) is 0 Å². The summed E-state index contributed by atoms with van der Waals surface area (Å²) < 4.78 is 9.02. The molecule has 88 valence electrons. The van der Waals surface area contributed by atoms with Crippen molar-refractivity contribution in [2.24, 2.45) is 0 Å². The molecule has 0 heterocycles. The zero-order chi connectivity index (χ0) is 13.4. The largest absolute Gasteiger partial charge is 0.0626 e. The number of rotatable bonds is 1. The smallest absolute Gasteiger partial charge is 0.0616 e. The van der Waals surface area contributed by atoms with Crippen LogP contribution in [-0.4, -0.2) is 0 Å². The summed E-state index contributed by atoms with van der Waals surface area (Å²) in [5, 5.41) is 2.45. The van der Waals surface area contributed by atoms with Gasteiger partial charge in [0, 0.05) is 4.47 Å². The van der Waals surface area contributed by atoms with Crippen LogP contribution >= 0.6 is 15.9 Å². The zero-order valence-corrected chi connectivity index (χ0v) is 11.7. The van der Waals surface area contributed by atoms with Crippen LogP contribution in [0.25, 0.3) is 21.9 Å². The highest BCUT2D eigenvalue weighted by Crippen LogP contribution is 2.31. The molecule has 3 rings (SSSR count). The van der Waals surface area contributed by atoms with E-state index < -0.39 is 0 Å². The van der Waals surface area contributed by atoms with E-state index in [2.05, 4.69) is 58.4 Å². The van der Waals surface area contributed by atoms with Crippen LogP contribution < -0.4 is 0 Å². The molecule has 0 spiro atoms. The Labute approximate surface area is 117 Å². The fourth-order valence-electron chi connectivity index (χ4n) is 2.17. The van der Waals surface area contributed by atoms with Gasteiger partial charge in [0.05, 0.1) is 1.37 Å². The number of benzene rings is 3. The summed E-state index contributed by atoms with van der Waals surface area (Å²) in [7, 11) is 0. The molecule has 0 nitrogen and oxygen atoms in total. The molecule has 0 atom stereocenters. The molecule has 18 heavy (non-hydrogen) atoms. The average molecular weight is 298 g/mol. The van der Waals surface area contributed by atoms with Crippen molar-refractivity contribution in [2.75, 3.05) is 0 Å². The molecule has 0 fully saturated rings. The Bertz CT molecular complexity index is 734. The van der Waals surface area contributed by atoms with E-state index in [1.165, 1.54) is 16.3 Å². The minimum atomic E-state index is 0.567. The number of hydrogen-bond acceptors (Lipinski definition) is 0. The third-order valence-electron chi connectivity index (χ3n) is 3.19. The van der Waals surface area contributed by atoms with Crippen LogP contribution in [0.5, 0.6) is 0 Å². The first-order valence-electron chi connectivity index (χ1n) is 6.42. The first kappa shape index (κ1) is 10.3. The Kier molecular flexibility index (Phi) is 2.63. The summed E-state index contributed by atoms with van der Waals surface area (Å²) in [5.74, 6) is 0. The predicted molar refractivity (Wildman–Crippen MR) is 81.8 cm³/mol. The molecule has 3 aromatic rings. The summed E-state index contributed by atoms with van der Waals surface area (Å²) in [6.45, 7) is 1.96. The van der Waals surface area contributed by atoms with Crippen molar-refractivity contribution in [2.45, 2.75) is 6.92 Å². The highest BCUT2D eigenvalue weighted by Gasteiger charge is 2.04. The second-order valence-corrected chi connectivity index (χ2v) is 5.24. The monoisotopic (exact) mass is 297 g/mol. The van der Waals surface area contributed by atoms with Crippen molar-refractivity contribution < 1.29 is 1.37 Å². The summed E-state index contributed by atoms with van der Waals surface area (Å²) >= 11 is 3.54. The lowest BCUT2D eigenvalue weighted by molar-refractivity contribution is 1.43. The number of fused-ring (bicyclic) bond motifs is 1. The van der Waals surface area contributed by atoms with Crippen molar-refractivity contribution >= 4 is 26.7 Å². The van der Waals surface area contributed by atoms with Crippen molar-refractivity contribution in [3.05, 3.63) is 70.7 Å². The van der Waals surface area contributed by atoms with Crippen molar-refractivity contribution in [3.8, 4) is 11.1 Å². The molecule has 3 aromatic carbocycles. The van der Waals surface area contributed by atoms with Gasteiger partial charge in [0.25, 0.3) is 0 Å². The topological polar surface area (TPSA) is 0 Å². The summed E-state index contributed by atoms with van der Waals surface area (Å²) in [5.41, 5.74) is 3.23. The van der Waals surface area contributed by atoms with E-state index in [4.69, 9.17) is 1.37 Å². The van der Waals surface area contributed by atoms with Gasteiger partial charge >= 0.3 is 0 Å². The lowest BCUT2D eigenvalue weighted by Gasteiger charge is -2.08. The van der Waals surface area contributed by atoms with Crippen LogP contribution in [-0.2, 0) is 0 Å². The number of hydrogen-bond donors (Lipinski definition) is 0. The highest BCUT2D eigenvalue weighted by molar-refractivity contribution is 9.10. The minimum Gasteiger partial charge on any atom is -0.0616 e. The lowest BCUT2D eigenvalue weighted by atomic mass is 9.98. The van der Waals surface area contributed by atoms with Gasteiger partial charge in [-0.05, 0) is 40.5 Å². The first-order chi connectivity index (χ1) is 9.16. The van der Waals surface area contributed by atoms with Gasteiger partial charge in [0.15, 0.2) is 0 Å². The van der Waals surface area contributed by atoms with Crippen molar-refractivity contribution in [3.63, 3.8) is 0 Å². The highest BCUT2D eigenvalue weighted by atomic mass is 79.9. The maximum Gasteiger partial charge on any atom is 0.0626 e. The molecule has 0 amide bonds. The molecule has 0 aliphatic heterocycles. The molecule has 0 unspecified atom stereocenters. The van der Waals surface area contributed by atoms with E-state index in [-0.39, 0.29) is 0 Å². The number of halogens is 1. The van der Waals surface area contributed by atoms with E-state index >= 15 is 0 Å². The predicted octanol–water partition coefficient (Wildman–Crippen LogP) is 5.58. The van der Waals surface area contributed by atoms with Crippen LogP contribution in [0.3, 0.4) is 0 Å². The molecule has 0 saturated carbocycles. The van der Waals surface area contributed by atoms with E-state index in [0.717, 1.165) is 15.6 Å². The van der Waals surface area contributed by atoms with Crippen molar-refractivity contribution in [1.82, 2.24) is 0 Å². The fourth-order valence-corrected chi connectivity index (χ4v) is 2.54. The van der Waals surface area contributed by atoms with Crippen LogP contribution in [0.1, 0.15) is 6.93 Å². The Hall–Kier alpha value is -1.60. The first-order valence-corrected chi connectivity index (χ1v) is 6.71. The fraction of sp³-hybridized carbons (Fsp3) is 0.0588. The molecule has 0 aromatic heterocycles. The maximum atomic E-state index is 8.03. The Morgan fingerprint density at radius 1 is 1.00 bits per heavy atom. The van der Waals surface area contributed by atoms with E-state index in [0.29, 0.717) is 6.04 Å². The normalized spacial score (nSPS) is 11.6. The van der Waals surface area contributed by atoms with Crippen LogP contribution in [0.4, 0.5) is 0 Å². The van der Waals surface area contributed by atoms with E-state index in [9.17, 15) is 0 Å². The van der Waals surface area contributed by atoms with Gasteiger partial charge in [-0.1, -0.05) is 70.5 Å². The van der Waals surface area contributed by atoms with Gasteiger partial charge in [-0.3, -0.25) is 0 Å². The molecular weight excluding hydrogens is 284 g/mol. The van der Waals surface area contributed by atoms with Crippen LogP contribution in [0.2, 0.25) is 0 Å². The zero-order valence-electron chi connectivity index (χ0n) is 11.1. The summed E-state index contributed by atoms with van der Waals surface area (Å²) in [4.78, 5) is 0. The van der Waals surface area contributed by atoms with Gasteiger partial charge in [0.2, 0.25) is 0 Å². The molecule has 0 radical (unpaired) electrons. The molecular formula is C17H13Br. The SMILES string of the molecule is [2H]c1cc(-c2cccc3ccccc23)cc(Br)c1C. The molecule has 0 aliphatic carbocycles. The third-order valence-corrected chi connectivity index (χ3v) is 4.01. The molecule has 0 saturated heterocycles. The van der Waals surface area contributed by atoms with Gasteiger partial charge < -0.3 is 0 Å².